The SMILES string of the molecule is CN(C)C1CCN(/C(N)=N/O)CC1. The van der Waals surface area contributed by atoms with Gasteiger partial charge in [0.2, 0.25) is 5.96 Å². The fraction of sp³-hybridized carbons (Fsp3) is 0.875. The minimum absolute atomic E-state index is 0.234. The van der Waals surface area contributed by atoms with E-state index in [1.54, 1.807) is 0 Å². The molecule has 1 aliphatic rings. The van der Waals surface area contributed by atoms with Gasteiger partial charge in [0.15, 0.2) is 0 Å². The summed E-state index contributed by atoms with van der Waals surface area (Å²) in [5.74, 6) is 0.234. The molecule has 1 saturated heterocycles. The van der Waals surface area contributed by atoms with Crippen molar-refractivity contribution < 1.29 is 5.21 Å². The first kappa shape index (κ1) is 10.1. The first-order valence-electron chi connectivity index (χ1n) is 4.54. The number of piperidine rings is 1. The molecule has 1 aliphatic heterocycles. The monoisotopic (exact) mass is 186 g/mol. The summed E-state index contributed by atoms with van der Waals surface area (Å²) in [7, 11) is 4.17. The molecule has 1 fully saturated rings. The zero-order valence-electron chi connectivity index (χ0n) is 8.27. The van der Waals surface area contributed by atoms with Crippen LogP contribution in [0.15, 0.2) is 5.16 Å². The van der Waals surface area contributed by atoms with Crippen LogP contribution in [0.1, 0.15) is 12.8 Å². The van der Waals surface area contributed by atoms with Gasteiger partial charge >= 0.3 is 0 Å². The lowest BCUT2D eigenvalue weighted by molar-refractivity contribution is 0.185. The average molecular weight is 186 g/mol. The second-order valence-electron chi connectivity index (χ2n) is 3.64. The van der Waals surface area contributed by atoms with Crippen molar-refractivity contribution in [3.8, 4) is 0 Å². The summed E-state index contributed by atoms with van der Waals surface area (Å²) in [5, 5.41) is 11.5. The van der Waals surface area contributed by atoms with E-state index in [-0.39, 0.29) is 5.96 Å². The van der Waals surface area contributed by atoms with Crippen molar-refractivity contribution in [3.63, 3.8) is 0 Å². The third-order valence-corrected chi connectivity index (χ3v) is 2.62. The molecular formula is C8H18N4O. The Morgan fingerprint density at radius 1 is 1.46 bits per heavy atom. The van der Waals surface area contributed by atoms with Gasteiger partial charge in [-0.05, 0) is 26.9 Å². The molecule has 0 unspecified atom stereocenters. The van der Waals surface area contributed by atoms with Gasteiger partial charge in [-0.15, -0.1) is 0 Å². The highest BCUT2D eigenvalue weighted by atomic mass is 16.4. The molecule has 76 valence electrons. The first-order valence-corrected chi connectivity index (χ1v) is 4.54. The topological polar surface area (TPSA) is 65.1 Å². The molecule has 1 rings (SSSR count). The maximum atomic E-state index is 8.47. The minimum atomic E-state index is 0.234. The third kappa shape index (κ3) is 2.48. The van der Waals surface area contributed by atoms with Crippen LogP contribution in [0.5, 0.6) is 0 Å². The van der Waals surface area contributed by atoms with Gasteiger partial charge in [-0.3, -0.25) is 0 Å². The van der Waals surface area contributed by atoms with Gasteiger partial charge in [-0.25, -0.2) is 0 Å². The maximum Gasteiger partial charge on any atom is 0.233 e. The molecule has 1 heterocycles. The number of nitrogens with two attached hydrogens (primary N) is 1. The molecule has 3 N–H and O–H groups in total. The van der Waals surface area contributed by atoms with E-state index in [0.717, 1.165) is 25.9 Å². The molecule has 0 amide bonds. The number of nitrogens with zero attached hydrogens (tertiary/aromatic N) is 3. The summed E-state index contributed by atoms with van der Waals surface area (Å²) < 4.78 is 0. The molecule has 5 heteroatoms. The smallest absolute Gasteiger partial charge is 0.233 e. The lowest BCUT2D eigenvalue weighted by atomic mass is 10.0. The highest BCUT2D eigenvalue weighted by Crippen LogP contribution is 2.13. The fourth-order valence-electron chi connectivity index (χ4n) is 1.67. The fourth-order valence-corrected chi connectivity index (χ4v) is 1.67. The van der Waals surface area contributed by atoms with E-state index < -0.39 is 0 Å². The molecule has 0 atom stereocenters. The Bertz CT molecular complexity index is 185. The van der Waals surface area contributed by atoms with Gasteiger partial charge < -0.3 is 20.7 Å². The van der Waals surface area contributed by atoms with Crippen molar-refractivity contribution >= 4 is 5.96 Å². The normalized spacial score (nSPS) is 21.2. The van der Waals surface area contributed by atoms with Crippen molar-refractivity contribution in [1.29, 1.82) is 0 Å². The van der Waals surface area contributed by atoms with Gasteiger partial charge in [0, 0.05) is 19.1 Å². The number of hydrogen-bond donors (Lipinski definition) is 2. The van der Waals surface area contributed by atoms with E-state index in [1.807, 2.05) is 4.90 Å². The standard InChI is InChI=1S/C8H18N4O/c1-11(2)7-3-5-12(6-4-7)8(9)10-13/h7,13H,3-6H2,1-2H3,(H2,9,10). The molecule has 0 saturated carbocycles. The minimum Gasteiger partial charge on any atom is -0.408 e. The lowest BCUT2D eigenvalue weighted by Crippen LogP contribution is -2.47. The summed E-state index contributed by atoms with van der Waals surface area (Å²) >= 11 is 0. The molecule has 0 aromatic rings. The molecule has 13 heavy (non-hydrogen) atoms. The lowest BCUT2D eigenvalue weighted by Gasteiger charge is -2.35. The van der Waals surface area contributed by atoms with Crippen LogP contribution in [-0.4, -0.2) is 54.2 Å². The summed E-state index contributed by atoms with van der Waals surface area (Å²) in [6, 6.07) is 0.628. The van der Waals surface area contributed by atoms with E-state index >= 15 is 0 Å². The summed E-state index contributed by atoms with van der Waals surface area (Å²) in [5.41, 5.74) is 5.48. The van der Waals surface area contributed by atoms with Gasteiger partial charge in [0.1, 0.15) is 0 Å². The molecule has 5 nitrogen and oxygen atoms in total. The maximum absolute atomic E-state index is 8.47. The van der Waals surface area contributed by atoms with Gasteiger partial charge in [-0.1, -0.05) is 5.16 Å². The van der Waals surface area contributed by atoms with Gasteiger partial charge in [0.25, 0.3) is 0 Å². The second-order valence-corrected chi connectivity index (χ2v) is 3.64. The molecule has 0 aliphatic carbocycles. The molecule has 0 bridgehead atoms. The van der Waals surface area contributed by atoms with Crippen LogP contribution < -0.4 is 5.73 Å². The largest absolute Gasteiger partial charge is 0.408 e. The zero-order chi connectivity index (χ0) is 9.84. The van der Waals surface area contributed by atoms with Crippen molar-refractivity contribution in [2.24, 2.45) is 10.9 Å². The molecule has 0 aromatic heterocycles. The van der Waals surface area contributed by atoms with Crippen molar-refractivity contribution in [2.45, 2.75) is 18.9 Å². The Labute approximate surface area is 78.8 Å². The van der Waals surface area contributed by atoms with Crippen LogP contribution >= 0.6 is 0 Å². The Morgan fingerprint density at radius 2 is 2.00 bits per heavy atom. The Balaban J connectivity index is 2.39. The first-order chi connectivity index (χ1) is 6.15. The Hall–Kier alpha value is -0.970. The highest BCUT2D eigenvalue weighted by molar-refractivity contribution is 5.77. The average Bonchev–Trinajstić information content (AvgIpc) is 2.17. The van der Waals surface area contributed by atoms with Crippen LogP contribution in [-0.2, 0) is 0 Å². The van der Waals surface area contributed by atoms with Crippen molar-refractivity contribution in [3.05, 3.63) is 0 Å². The molecular weight excluding hydrogens is 168 g/mol. The molecule has 0 spiro atoms. The number of oxime groups is 1. The summed E-state index contributed by atoms with van der Waals surface area (Å²) in [6.45, 7) is 1.75. The van der Waals surface area contributed by atoms with E-state index in [0.29, 0.717) is 6.04 Å². The zero-order valence-corrected chi connectivity index (χ0v) is 8.27. The second kappa shape index (κ2) is 4.32. The van der Waals surface area contributed by atoms with Crippen LogP contribution in [0.4, 0.5) is 0 Å². The quantitative estimate of drug-likeness (QED) is 0.256. The highest BCUT2D eigenvalue weighted by Gasteiger charge is 2.21. The van der Waals surface area contributed by atoms with Crippen LogP contribution in [0.2, 0.25) is 0 Å². The predicted molar refractivity (Wildman–Crippen MR) is 51.7 cm³/mol. The van der Waals surface area contributed by atoms with Gasteiger partial charge in [-0.2, -0.15) is 0 Å². The van der Waals surface area contributed by atoms with Gasteiger partial charge in [0.05, 0.1) is 0 Å². The number of hydrogen-bond acceptors (Lipinski definition) is 3. The summed E-state index contributed by atoms with van der Waals surface area (Å²) in [6.07, 6.45) is 2.15. The van der Waals surface area contributed by atoms with E-state index in [9.17, 15) is 0 Å². The van der Waals surface area contributed by atoms with Crippen LogP contribution in [0.3, 0.4) is 0 Å². The van der Waals surface area contributed by atoms with E-state index in [2.05, 4.69) is 24.2 Å². The predicted octanol–water partition coefficient (Wildman–Crippen LogP) is -0.284. The van der Waals surface area contributed by atoms with Crippen molar-refractivity contribution in [2.75, 3.05) is 27.2 Å². The number of rotatable bonds is 1. The van der Waals surface area contributed by atoms with E-state index in [4.69, 9.17) is 10.9 Å². The Morgan fingerprint density at radius 3 is 2.38 bits per heavy atom. The molecule has 0 aromatic carbocycles. The van der Waals surface area contributed by atoms with E-state index in [1.165, 1.54) is 0 Å². The molecule has 0 radical (unpaired) electrons. The van der Waals surface area contributed by atoms with Crippen LogP contribution in [0.25, 0.3) is 0 Å². The Kier molecular flexibility index (Phi) is 3.36. The number of guanidine groups is 1. The van der Waals surface area contributed by atoms with Crippen LogP contribution in [0, 0.1) is 0 Å². The number of likely N-dealkylation sites (tertiary alicyclic amines) is 1. The third-order valence-electron chi connectivity index (χ3n) is 2.62. The summed E-state index contributed by atoms with van der Waals surface area (Å²) in [4.78, 5) is 4.13. The van der Waals surface area contributed by atoms with Crippen molar-refractivity contribution in [1.82, 2.24) is 9.80 Å².